The topological polar surface area (TPSA) is 69.7 Å². The fraction of sp³-hybridized carbons (Fsp3) is 0.400. The van der Waals surface area contributed by atoms with E-state index in [2.05, 4.69) is 5.32 Å². The van der Waals surface area contributed by atoms with E-state index in [9.17, 15) is 14.4 Å². The minimum absolute atomic E-state index is 0.00491. The second-order valence-corrected chi connectivity index (χ2v) is 8.64. The van der Waals surface area contributed by atoms with Gasteiger partial charge >= 0.3 is 0 Å². The lowest BCUT2D eigenvalue weighted by atomic mass is 9.94. The van der Waals surface area contributed by atoms with Gasteiger partial charge in [0.25, 0.3) is 0 Å². The lowest BCUT2D eigenvalue weighted by Crippen LogP contribution is -2.44. The van der Waals surface area contributed by atoms with Crippen LogP contribution >= 0.6 is 0 Å². The third-order valence-corrected chi connectivity index (χ3v) is 6.40. The number of piperidine rings is 1. The third-order valence-electron chi connectivity index (χ3n) is 6.40. The minimum Gasteiger partial charge on any atom is -0.342 e. The Balaban J connectivity index is 1.31. The van der Waals surface area contributed by atoms with Gasteiger partial charge in [-0.15, -0.1) is 0 Å². The average molecular weight is 420 g/mol. The number of rotatable bonds is 4. The molecular formula is C25H29N3O3. The molecule has 0 radical (unpaired) electrons. The molecule has 2 aromatic carbocycles. The van der Waals surface area contributed by atoms with Crippen molar-refractivity contribution in [2.24, 2.45) is 11.8 Å². The maximum Gasteiger partial charge on any atom is 0.228 e. The number of benzene rings is 2. The van der Waals surface area contributed by atoms with E-state index in [1.54, 1.807) is 4.90 Å². The molecule has 2 aliphatic heterocycles. The number of anilines is 2. The Kier molecular flexibility index (Phi) is 6.07. The van der Waals surface area contributed by atoms with E-state index in [0.29, 0.717) is 32.5 Å². The minimum atomic E-state index is -0.314. The Hall–Kier alpha value is -3.15. The van der Waals surface area contributed by atoms with Crippen molar-refractivity contribution < 1.29 is 14.4 Å². The monoisotopic (exact) mass is 419 g/mol. The normalized spacial score (nSPS) is 19.5. The van der Waals surface area contributed by atoms with Gasteiger partial charge in [-0.3, -0.25) is 14.4 Å². The van der Waals surface area contributed by atoms with Gasteiger partial charge in [-0.2, -0.15) is 0 Å². The molecule has 31 heavy (non-hydrogen) atoms. The van der Waals surface area contributed by atoms with Crippen molar-refractivity contribution in [2.75, 3.05) is 29.9 Å². The molecule has 0 unspecified atom stereocenters. The molecule has 2 saturated heterocycles. The molecule has 0 bridgehead atoms. The Morgan fingerprint density at radius 1 is 0.935 bits per heavy atom. The molecule has 2 fully saturated rings. The van der Waals surface area contributed by atoms with Crippen molar-refractivity contribution in [2.45, 2.75) is 33.1 Å². The molecule has 0 spiro atoms. The summed E-state index contributed by atoms with van der Waals surface area (Å²) in [5.41, 5.74) is 3.86. The predicted octanol–water partition coefficient (Wildman–Crippen LogP) is 3.53. The van der Waals surface area contributed by atoms with Crippen molar-refractivity contribution in [1.29, 1.82) is 0 Å². The van der Waals surface area contributed by atoms with Gasteiger partial charge in [0.05, 0.1) is 5.92 Å². The zero-order valence-electron chi connectivity index (χ0n) is 18.1. The number of hydrogen-bond donors (Lipinski definition) is 1. The maximum atomic E-state index is 13.0. The number of nitrogens with zero attached hydrogens (tertiary/aromatic N) is 2. The summed E-state index contributed by atoms with van der Waals surface area (Å²) in [7, 11) is 0. The summed E-state index contributed by atoms with van der Waals surface area (Å²) in [5, 5.41) is 3.02. The Morgan fingerprint density at radius 3 is 2.29 bits per heavy atom. The van der Waals surface area contributed by atoms with Crippen LogP contribution in [0.3, 0.4) is 0 Å². The van der Waals surface area contributed by atoms with Crippen molar-refractivity contribution in [3.05, 3.63) is 59.7 Å². The van der Waals surface area contributed by atoms with E-state index in [1.807, 2.05) is 67.3 Å². The molecule has 2 heterocycles. The van der Waals surface area contributed by atoms with Crippen LogP contribution in [0.2, 0.25) is 0 Å². The average Bonchev–Trinajstić information content (AvgIpc) is 3.17. The van der Waals surface area contributed by atoms with Crippen LogP contribution in [0.4, 0.5) is 11.4 Å². The number of carbonyl (C=O) groups excluding carboxylic acids is 3. The Morgan fingerprint density at radius 2 is 1.61 bits per heavy atom. The van der Waals surface area contributed by atoms with Crippen LogP contribution in [-0.2, 0) is 14.4 Å². The van der Waals surface area contributed by atoms with Crippen LogP contribution < -0.4 is 10.2 Å². The lowest BCUT2D eigenvalue weighted by Gasteiger charge is -2.33. The summed E-state index contributed by atoms with van der Waals surface area (Å²) in [5.74, 6) is -0.373. The van der Waals surface area contributed by atoms with Crippen LogP contribution in [0, 0.1) is 25.7 Å². The first-order chi connectivity index (χ1) is 14.9. The molecule has 4 rings (SSSR count). The van der Waals surface area contributed by atoms with Crippen molar-refractivity contribution in [1.82, 2.24) is 4.90 Å². The van der Waals surface area contributed by atoms with E-state index in [0.717, 1.165) is 22.5 Å². The summed E-state index contributed by atoms with van der Waals surface area (Å²) < 4.78 is 0. The standard InChI is InChI=1S/C25H29N3O3/c1-17-7-9-21(10-8-17)28-16-20(15-23(28)29)25(31)27-13-11-19(12-14-27)24(30)26-22-6-4-3-5-18(22)2/h3-10,19-20H,11-16H2,1-2H3,(H,26,30)/t20-/m1/s1. The summed E-state index contributed by atoms with van der Waals surface area (Å²) in [6.45, 7) is 5.51. The Bertz CT molecular complexity index is 978. The number of amides is 3. The number of para-hydroxylation sites is 1. The van der Waals surface area contributed by atoms with Crippen LogP contribution in [0.5, 0.6) is 0 Å². The number of carbonyl (C=O) groups is 3. The first-order valence-corrected chi connectivity index (χ1v) is 10.9. The van der Waals surface area contributed by atoms with E-state index in [1.165, 1.54) is 0 Å². The zero-order chi connectivity index (χ0) is 22.0. The highest BCUT2D eigenvalue weighted by Crippen LogP contribution is 2.28. The SMILES string of the molecule is Cc1ccc(N2C[C@H](C(=O)N3CCC(C(=O)Nc4ccccc4C)CC3)CC2=O)cc1. The van der Waals surface area contributed by atoms with Gasteiger partial charge in [-0.05, 0) is 50.5 Å². The van der Waals surface area contributed by atoms with E-state index in [-0.39, 0.29) is 36.0 Å². The predicted molar refractivity (Wildman–Crippen MR) is 121 cm³/mol. The molecular weight excluding hydrogens is 390 g/mol. The second-order valence-electron chi connectivity index (χ2n) is 8.64. The molecule has 0 aliphatic carbocycles. The fourth-order valence-corrected chi connectivity index (χ4v) is 4.42. The molecule has 6 heteroatoms. The van der Waals surface area contributed by atoms with Gasteiger partial charge < -0.3 is 15.1 Å². The van der Waals surface area contributed by atoms with Crippen LogP contribution in [0.15, 0.2) is 48.5 Å². The molecule has 2 aliphatic rings. The molecule has 162 valence electrons. The Labute approximate surface area is 183 Å². The van der Waals surface area contributed by atoms with Gasteiger partial charge in [-0.1, -0.05) is 35.9 Å². The maximum absolute atomic E-state index is 13.0. The highest BCUT2D eigenvalue weighted by Gasteiger charge is 2.38. The largest absolute Gasteiger partial charge is 0.342 e. The highest BCUT2D eigenvalue weighted by atomic mass is 16.2. The van der Waals surface area contributed by atoms with E-state index < -0.39 is 0 Å². The van der Waals surface area contributed by atoms with Crippen LogP contribution in [0.1, 0.15) is 30.4 Å². The lowest BCUT2D eigenvalue weighted by molar-refractivity contribution is -0.138. The summed E-state index contributed by atoms with van der Waals surface area (Å²) in [6, 6.07) is 15.5. The van der Waals surface area contributed by atoms with Crippen molar-refractivity contribution >= 4 is 29.1 Å². The molecule has 0 aromatic heterocycles. The number of likely N-dealkylation sites (tertiary alicyclic amines) is 1. The first kappa shape index (κ1) is 21.1. The van der Waals surface area contributed by atoms with Gasteiger partial charge in [0, 0.05) is 43.3 Å². The molecule has 1 atom stereocenters. The molecule has 1 N–H and O–H groups in total. The van der Waals surface area contributed by atoms with Crippen molar-refractivity contribution in [3.63, 3.8) is 0 Å². The van der Waals surface area contributed by atoms with Crippen LogP contribution in [0.25, 0.3) is 0 Å². The summed E-state index contributed by atoms with van der Waals surface area (Å²) >= 11 is 0. The second kappa shape index (κ2) is 8.92. The molecule has 3 amide bonds. The molecule has 0 saturated carbocycles. The van der Waals surface area contributed by atoms with Gasteiger partial charge in [0.1, 0.15) is 0 Å². The van der Waals surface area contributed by atoms with Crippen molar-refractivity contribution in [3.8, 4) is 0 Å². The first-order valence-electron chi connectivity index (χ1n) is 10.9. The highest BCUT2D eigenvalue weighted by molar-refractivity contribution is 6.00. The third kappa shape index (κ3) is 4.63. The van der Waals surface area contributed by atoms with Gasteiger partial charge in [-0.25, -0.2) is 0 Å². The number of nitrogens with one attached hydrogen (secondary N) is 1. The summed E-state index contributed by atoms with van der Waals surface area (Å²) in [6.07, 6.45) is 1.54. The fourth-order valence-electron chi connectivity index (χ4n) is 4.42. The van der Waals surface area contributed by atoms with Crippen LogP contribution in [-0.4, -0.2) is 42.3 Å². The zero-order valence-corrected chi connectivity index (χ0v) is 18.1. The van der Waals surface area contributed by atoms with Gasteiger partial charge in [0.2, 0.25) is 17.7 Å². The number of aryl methyl sites for hydroxylation is 2. The number of hydrogen-bond acceptors (Lipinski definition) is 3. The van der Waals surface area contributed by atoms with Gasteiger partial charge in [0.15, 0.2) is 0 Å². The molecule has 6 nitrogen and oxygen atoms in total. The van der Waals surface area contributed by atoms with E-state index >= 15 is 0 Å². The smallest absolute Gasteiger partial charge is 0.228 e. The summed E-state index contributed by atoms with van der Waals surface area (Å²) in [4.78, 5) is 41.7. The molecule has 2 aromatic rings. The quantitative estimate of drug-likeness (QED) is 0.824. The van der Waals surface area contributed by atoms with E-state index in [4.69, 9.17) is 0 Å².